The lowest BCUT2D eigenvalue weighted by Gasteiger charge is -2.29. The van der Waals surface area contributed by atoms with Crippen molar-refractivity contribution in [3.63, 3.8) is 0 Å². The molecule has 1 N–H and O–H groups in total. The first kappa shape index (κ1) is 17.0. The SMILES string of the molecule is CCNCc1nc(N(CC(F)(F)F)C(C)C)ccc1Cl. The van der Waals surface area contributed by atoms with E-state index in [1.165, 1.54) is 11.0 Å². The zero-order valence-electron chi connectivity index (χ0n) is 11.8. The molecular weight excluding hydrogens is 291 g/mol. The molecule has 0 unspecified atom stereocenters. The zero-order valence-corrected chi connectivity index (χ0v) is 12.5. The van der Waals surface area contributed by atoms with Gasteiger partial charge in [-0.25, -0.2) is 4.98 Å². The minimum atomic E-state index is -4.27. The zero-order chi connectivity index (χ0) is 15.3. The first-order chi connectivity index (χ1) is 9.24. The lowest BCUT2D eigenvalue weighted by atomic mass is 10.2. The molecule has 0 saturated carbocycles. The van der Waals surface area contributed by atoms with Crippen molar-refractivity contribution in [1.29, 1.82) is 0 Å². The quantitative estimate of drug-likeness (QED) is 0.870. The van der Waals surface area contributed by atoms with Crippen molar-refractivity contribution in [2.75, 3.05) is 18.0 Å². The molecule has 0 amide bonds. The second-order valence-corrected chi connectivity index (χ2v) is 5.12. The van der Waals surface area contributed by atoms with Gasteiger partial charge in [0.1, 0.15) is 12.4 Å². The van der Waals surface area contributed by atoms with Crippen molar-refractivity contribution >= 4 is 17.4 Å². The summed E-state index contributed by atoms with van der Waals surface area (Å²) < 4.78 is 37.9. The largest absolute Gasteiger partial charge is 0.405 e. The van der Waals surface area contributed by atoms with E-state index in [0.717, 1.165) is 6.54 Å². The lowest BCUT2D eigenvalue weighted by Crippen LogP contribution is -2.39. The number of rotatable bonds is 6. The second-order valence-electron chi connectivity index (χ2n) is 4.72. The van der Waals surface area contributed by atoms with Crippen LogP contribution in [0.3, 0.4) is 0 Å². The van der Waals surface area contributed by atoms with Crippen LogP contribution >= 0.6 is 11.6 Å². The van der Waals surface area contributed by atoms with Gasteiger partial charge >= 0.3 is 6.18 Å². The minimum Gasteiger partial charge on any atom is -0.345 e. The fourth-order valence-electron chi connectivity index (χ4n) is 1.72. The Kier molecular flexibility index (Phi) is 6.07. The van der Waals surface area contributed by atoms with E-state index in [2.05, 4.69) is 10.3 Å². The number of halogens is 4. The average molecular weight is 310 g/mol. The topological polar surface area (TPSA) is 28.2 Å². The summed E-state index contributed by atoms with van der Waals surface area (Å²) in [6, 6.07) is 2.79. The van der Waals surface area contributed by atoms with Crippen LogP contribution in [0.1, 0.15) is 26.5 Å². The van der Waals surface area contributed by atoms with E-state index < -0.39 is 12.7 Å². The summed E-state index contributed by atoms with van der Waals surface area (Å²) in [6.45, 7) is 5.47. The Bertz CT molecular complexity index is 435. The predicted octanol–water partition coefficient (Wildman–Crippen LogP) is 3.62. The highest BCUT2D eigenvalue weighted by molar-refractivity contribution is 6.31. The van der Waals surface area contributed by atoms with Crippen molar-refractivity contribution in [3.8, 4) is 0 Å². The van der Waals surface area contributed by atoms with E-state index in [1.807, 2.05) is 6.92 Å². The standard InChI is InChI=1S/C13H19ClF3N3/c1-4-18-7-11-10(14)5-6-12(19-11)20(9(2)3)8-13(15,16)17/h5-6,9,18H,4,7-8H2,1-3H3. The normalized spacial score (nSPS) is 12.0. The number of aromatic nitrogens is 1. The summed E-state index contributed by atoms with van der Waals surface area (Å²) in [5, 5.41) is 3.51. The van der Waals surface area contributed by atoms with Gasteiger partial charge in [-0.15, -0.1) is 0 Å². The van der Waals surface area contributed by atoms with E-state index in [4.69, 9.17) is 11.6 Å². The minimum absolute atomic E-state index is 0.287. The summed E-state index contributed by atoms with van der Waals surface area (Å²) in [5.41, 5.74) is 0.554. The van der Waals surface area contributed by atoms with Crippen LogP contribution in [0.5, 0.6) is 0 Å². The van der Waals surface area contributed by atoms with Crippen molar-refractivity contribution in [1.82, 2.24) is 10.3 Å². The van der Waals surface area contributed by atoms with Gasteiger partial charge in [-0.1, -0.05) is 18.5 Å². The summed E-state index contributed by atoms with van der Waals surface area (Å²) in [6.07, 6.45) is -4.27. The Morgan fingerprint density at radius 1 is 1.35 bits per heavy atom. The molecule has 0 spiro atoms. The van der Waals surface area contributed by atoms with Gasteiger partial charge in [0.15, 0.2) is 0 Å². The highest BCUT2D eigenvalue weighted by Gasteiger charge is 2.32. The summed E-state index contributed by atoms with van der Waals surface area (Å²) in [5.74, 6) is 0.287. The Labute approximate surface area is 122 Å². The van der Waals surface area contributed by atoms with Crippen LogP contribution in [0, 0.1) is 0 Å². The van der Waals surface area contributed by atoms with Gasteiger partial charge in [-0.3, -0.25) is 0 Å². The molecule has 0 aliphatic heterocycles. The van der Waals surface area contributed by atoms with Crippen molar-refractivity contribution < 1.29 is 13.2 Å². The van der Waals surface area contributed by atoms with Crippen LogP contribution in [0.15, 0.2) is 12.1 Å². The van der Waals surface area contributed by atoms with E-state index in [-0.39, 0.29) is 11.9 Å². The number of pyridine rings is 1. The Hall–Kier alpha value is -1.01. The van der Waals surface area contributed by atoms with Crippen LogP contribution in [0.4, 0.5) is 19.0 Å². The monoisotopic (exact) mass is 309 g/mol. The number of anilines is 1. The van der Waals surface area contributed by atoms with Gasteiger partial charge in [0, 0.05) is 12.6 Å². The fourth-order valence-corrected chi connectivity index (χ4v) is 1.89. The highest BCUT2D eigenvalue weighted by Crippen LogP contribution is 2.25. The molecule has 0 bridgehead atoms. The molecule has 0 aliphatic carbocycles. The maximum atomic E-state index is 12.6. The van der Waals surface area contributed by atoms with E-state index >= 15 is 0 Å². The molecule has 1 heterocycles. The third-order valence-electron chi connectivity index (χ3n) is 2.71. The number of hydrogen-bond donors (Lipinski definition) is 1. The van der Waals surface area contributed by atoms with Gasteiger partial charge in [0.25, 0.3) is 0 Å². The molecular formula is C13H19ClF3N3. The molecule has 0 atom stereocenters. The fraction of sp³-hybridized carbons (Fsp3) is 0.615. The molecule has 1 aromatic rings. The van der Waals surface area contributed by atoms with Crippen LogP contribution in [0.25, 0.3) is 0 Å². The molecule has 3 nitrogen and oxygen atoms in total. The molecule has 0 aromatic carbocycles. The molecule has 0 fully saturated rings. The molecule has 0 saturated heterocycles. The van der Waals surface area contributed by atoms with Crippen molar-refractivity contribution in [2.24, 2.45) is 0 Å². The number of hydrogen-bond acceptors (Lipinski definition) is 3. The Morgan fingerprint density at radius 2 is 2.00 bits per heavy atom. The van der Waals surface area contributed by atoms with Crippen LogP contribution < -0.4 is 10.2 Å². The maximum absolute atomic E-state index is 12.6. The first-order valence-electron chi connectivity index (χ1n) is 6.44. The maximum Gasteiger partial charge on any atom is 0.405 e. The third-order valence-corrected chi connectivity index (χ3v) is 3.06. The van der Waals surface area contributed by atoms with Crippen LogP contribution in [-0.4, -0.2) is 30.3 Å². The molecule has 1 aromatic heterocycles. The molecule has 0 aliphatic rings. The van der Waals surface area contributed by atoms with Crippen molar-refractivity contribution in [3.05, 3.63) is 22.8 Å². The second kappa shape index (κ2) is 7.13. The van der Waals surface area contributed by atoms with Gasteiger partial charge in [0.2, 0.25) is 0 Å². The van der Waals surface area contributed by atoms with E-state index in [0.29, 0.717) is 17.3 Å². The molecule has 0 radical (unpaired) electrons. The van der Waals surface area contributed by atoms with E-state index in [9.17, 15) is 13.2 Å². The molecule has 1 rings (SSSR count). The highest BCUT2D eigenvalue weighted by atomic mass is 35.5. The Morgan fingerprint density at radius 3 is 2.50 bits per heavy atom. The lowest BCUT2D eigenvalue weighted by molar-refractivity contribution is -0.120. The average Bonchev–Trinajstić information content (AvgIpc) is 2.34. The molecule has 7 heteroatoms. The predicted molar refractivity (Wildman–Crippen MR) is 75.2 cm³/mol. The number of alkyl halides is 3. The van der Waals surface area contributed by atoms with Gasteiger partial charge in [-0.05, 0) is 32.5 Å². The summed E-state index contributed by atoms with van der Waals surface area (Å²) >= 11 is 6.01. The number of nitrogens with one attached hydrogen (secondary N) is 1. The third kappa shape index (κ3) is 5.17. The van der Waals surface area contributed by atoms with Crippen LogP contribution in [0.2, 0.25) is 5.02 Å². The smallest absolute Gasteiger partial charge is 0.345 e. The molecule has 20 heavy (non-hydrogen) atoms. The van der Waals surface area contributed by atoms with E-state index in [1.54, 1.807) is 19.9 Å². The number of nitrogens with zero attached hydrogens (tertiary/aromatic N) is 2. The summed E-state index contributed by atoms with van der Waals surface area (Å²) in [7, 11) is 0. The molecule has 114 valence electrons. The van der Waals surface area contributed by atoms with Crippen LogP contribution in [-0.2, 0) is 6.54 Å². The summed E-state index contributed by atoms with van der Waals surface area (Å²) in [4.78, 5) is 5.46. The van der Waals surface area contributed by atoms with Crippen molar-refractivity contribution in [2.45, 2.75) is 39.5 Å². The Balaban J connectivity index is 3.02. The van der Waals surface area contributed by atoms with Gasteiger partial charge in [0.05, 0.1) is 10.7 Å². The first-order valence-corrected chi connectivity index (χ1v) is 6.82. The van der Waals surface area contributed by atoms with Gasteiger partial charge < -0.3 is 10.2 Å². The van der Waals surface area contributed by atoms with Gasteiger partial charge in [-0.2, -0.15) is 13.2 Å².